The van der Waals surface area contributed by atoms with Gasteiger partial charge < -0.3 is 5.32 Å². The average Bonchev–Trinajstić information content (AvgIpc) is 2.43. The lowest BCUT2D eigenvalue weighted by Gasteiger charge is -2.27. The maximum absolute atomic E-state index is 12.6. The third-order valence-electron chi connectivity index (χ3n) is 4.44. The fraction of sp³-hybridized carbons (Fsp3) is 0.625. The first-order valence-corrected chi connectivity index (χ1v) is 9.01. The first-order valence-electron chi connectivity index (χ1n) is 7.53. The molecular formula is C16H26N2O2S. The van der Waals surface area contributed by atoms with Gasteiger partial charge in [-0.3, -0.25) is 0 Å². The zero-order chi connectivity index (χ0) is 15.7. The molecule has 1 aromatic carbocycles. The third-order valence-corrected chi connectivity index (χ3v) is 5.95. The molecule has 0 aliphatic carbocycles. The Morgan fingerprint density at radius 3 is 2.71 bits per heavy atom. The van der Waals surface area contributed by atoms with Gasteiger partial charge in [0.05, 0.1) is 4.90 Å². The Morgan fingerprint density at radius 2 is 2.05 bits per heavy atom. The second-order valence-corrected chi connectivity index (χ2v) is 8.67. The van der Waals surface area contributed by atoms with E-state index in [0.717, 1.165) is 30.6 Å². The molecule has 4 nitrogen and oxygen atoms in total. The van der Waals surface area contributed by atoms with Crippen molar-refractivity contribution in [1.82, 2.24) is 10.0 Å². The predicted molar refractivity (Wildman–Crippen MR) is 85.7 cm³/mol. The molecule has 0 saturated heterocycles. The highest BCUT2D eigenvalue weighted by molar-refractivity contribution is 7.89. The van der Waals surface area contributed by atoms with Crippen LogP contribution in [0.5, 0.6) is 0 Å². The highest BCUT2D eigenvalue weighted by Crippen LogP contribution is 2.26. The van der Waals surface area contributed by atoms with Crippen LogP contribution in [0.1, 0.15) is 38.8 Å². The summed E-state index contributed by atoms with van der Waals surface area (Å²) in [6.07, 6.45) is 0.765. The molecule has 0 spiro atoms. The summed E-state index contributed by atoms with van der Waals surface area (Å²) in [5.74, 6) is 0.272. The highest BCUT2D eigenvalue weighted by atomic mass is 32.2. The van der Waals surface area contributed by atoms with E-state index in [-0.39, 0.29) is 11.3 Å². The van der Waals surface area contributed by atoms with Crippen molar-refractivity contribution in [2.24, 2.45) is 11.3 Å². The molecule has 21 heavy (non-hydrogen) atoms. The molecule has 5 heteroatoms. The summed E-state index contributed by atoms with van der Waals surface area (Å²) < 4.78 is 28.0. The predicted octanol–water partition coefficient (Wildman–Crippen LogP) is 2.29. The van der Waals surface area contributed by atoms with Crippen molar-refractivity contribution in [3.63, 3.8) is 0 Å². The smallest absolute Gasteiger partial charge is 0.240 e. The lowest BCUT2D eigenvalue weighted by atomic mass is 9.82. The Labute approximate surface area is 128 Å². The van der Waals surface area contributed by atoms with Gasteiger partial charge >= 0.3 is 0 Å². The maximum atomic E-state index is 12.6. The second kappa shape index (κ2) is 6.07. The highest BCUT2D eigenvalue weighted by Gasteiger charge is 2.25. The van der Waals surface area contributed by atoms with Crippen LogP contribution in [0.4, 0.5) is 0 Å². The van der Waals surface area contributed by atoms with Crippen LogP contribution in [0.3, 0.4) is 0 Å². The molecule has 0 radical (unpaired) electrons. The van der Waals surface area contributed by atoms with E-state index < -0.39 is 10.0 Å². The lowest BCUT2D eigenvalue weighted by Crippen LogP contribution is -2.35. The van der Waals surface area contributed by atoms with Gasteiger partial charge in [-0.25, -0.2) is 13.1 Å². The van der Waals surface area contributed by atoms with Crippen molar-refractivity contribution in [2.45, 2.75) is 45.6 Å². The molecule has 0 aromatic heterocycles. The Morgan fingerprint density at radius 1 is 1.33 bits per heavy atom. The van der Waals surface area contributed by atoms with Crippen LogP contribution in [-0.2, 0) is 23.0 Å². The fourth-order valence-corrected chi connectivity index (χ4v) is 3.81. The summed E-state index contributed by atoms with van der Waals surface area (Å²) in [7, 11) is -3.43. The van der Waals surface area contributed by atoms with Crippen LogP contribution in [0.2, 0.25) is 0 Å². The molecule has 1 atom stereocenters. The van der Waals surface area contributed by atoms with Crippen LogP contribution >= 0.6 is 0 Å². The van der Waals surface area contributed by atoms with Gasteiger partial charge in [-0.05, 0) is 41.5 Å². The maximum Gasteiger partial charge on any atom is 0.240 e. The Kier molecular flexibility index (Phi) is 4.76. The fourth-order valence-electron chi connectivity index (χ4n) is 2.37. The van der Waals surface area contributed by atoms with E-state index in [0.29, 0.717) is 11.4 Å². The number of nitrogens with one attached hydrogen (secondary N) is 2. The van der Waals surface area contributed by atoms with E-state index in [2.05, 4.69) is 37.7 Å². The van der Waals surface area contributed by atoms with E-state index in [9.17, 15) is 8.42 Å². The van der Waals surface area contributed by atoms with Crippen LogP contribution in [-0.4, -0.2) is 21.5 Å². The average molecular weight is 310 g/mol. The molecule has 2 rings (SSSR count). The molecule has 1 heterocycles. The zero-order valence-electron chi connectivity index (χ0n) is 13.4. The van der Waals surface area contributed by atoms with E-state index >= 15 is 0 Å². The van der Waals surface area contributed by atoms with Crippen molar-refractivity contribution in [1.29, 1.82) is 0 Å². The molecule has 1 aliphatic rings. The zero-order valence-corrected chi connectivity index (χ0v) is 14.2. The molecule has 0 fully saturated rings. The monoisotopic (exact) mass is 310 g/mol. The third kappa shape index (κ3) is 3.84. The molecule has 0 saturated carbocycles. The molecule has 1 aromatic rings. The van der Waals surface area contributed by atoms with Crippen LogP contribution < -0.4 is 10.0 Å². The van der Waals surface area contributed by atoms with E-state index in [4.69, 9.17) is 0 Å². The summed E-state index contributed by atoms with van der Waals surface area (Å²) in [4.78, 5) is 0.447. The summed E-state index contributed by atoms with van der Waals surface area (Å²) >= 11 is 0. The molecule has 1 aliphatic heterocycles. The van der Waals surface area contributed by atoms with Gasteiger partial charge in [0.2, 0.25) is 10.0 Å². The van der Waals surface area contributed by atoms with Crippen LogP contribution in [0.15, 0.2) is 23.1 Å². The van der Waals surface area contributed by atoms with Crippen LogP contribution in [0, 0.1) is 11.3 Å². The van der Waals surface area contributed by atoms with E-state index in [1.165, 1.54) is 0 Å². The first-order chi connectivity index (χ1) is 9.72. The quantitative estimate of drug-likeness (QED) is 0.897. The van der Waals surface area contributed by atoms with Gasteiger partial charge in [0.25, 0.3) is 0 Å². The van der Waals surface area contributed by atoms with Crippen molar-refractivity contribution < 1.29 is 8.42 Å². The van der Waals surface area contributed by atoms with Crippen molar-refractivity contribution in [3.8, 4) is 0 Å². The lowest BCUT2D eigenvalue weighted by molar-refractivity contribution is 0.263. The van der Waals surface area contributed by atoms with Gasteiger partial charge in [0.15, 0.2) is 0 Å². The molecule has 0 amide bonds. The van der Waals surface area contributed by atoms with Crippen molar-refractivity contribution in [2.75, 3.05) is 13.1 Å². The Bertz CT molecular complexity index is 603. The van der Waals surface area contributed by atoms with Crippen molar-refractivity contribution in [3.05, 3.63) is 29.3 Å². The number of hydrogen-bond donors (Lipinski definition) is 2. The minimum absolute atomic E-state index is 0.0859. The van der Waals surface area contributed by atoms with Gasteiger partial charge in [0.1, 0.15) is 0 Å². The van der Waals surface area contributed by atoms with Gasteiger partial charge in [-0.1, -0.05) is 39.8 Å². The largest absolute Gasteiger partial charge is 0.312 e. The van der Waals surface area contributed by atoms with Crippen LogP contribution in [0.25, 0.3) is 0 Å². The minimum Gasteiger partial charge on any atom is -0.312 e. The standard InChI is InChI=1S/C16H26N2O2S/c1-12(16(2,3)4)10-18-21(19,20)15-7-5-6-13-11-17-9-8-14(13)15/h5-7,12,17-18H,8-11H2,1-4H3. The Balaban J connectivity index is 2.21. The van der Waals surface area contributed by atoms with Gasteiger partial charge in [0, 0.05) is 13.1 Å². The number of sulfonamides is 1. The topological polar surface area (TPSA) is 58.2 Å². The minimum atomic E-state index is -3.43. The second-order valence-electron chi connectivity index (χ2n) is 6.94. The molecule has 2 N–H and O–H groups in total. The van der Waals surface area contributed by atoms with Crippen molar-refractivity contribution >= 4 is 10.0 Å². The number of rotatable bonds is 4. The summed E-state index contributed by atoms with van der Waals surface area (Å²) in [5, 5.41) is 3.27. The number of fused-ring (bicyclic) bond motifs is 1. The number of hydrogen-bond acceptors (Lipinski definition) is 3. The summed E-state index contributed by atoms with van der Waals surface area (Å²) in [5.41, 5.74) is 2.14. The van der Waals surface area contributed by atoms with Gasteiger partial charge in [-0.15, -0.1) is 0 Å². The van der Waals surface area contributed by atoms with Gasteiger partial charge in [-0.2, -0.15) is 0 Å². The summed E-state index contributed by atoms with van der Waals surface area (Å²) in [6.45, 7) is 10.5. The molecule has 1 unspecified atom stereocenters. The molecule has 118 valence electrons. The van der Waals surface area contributed by atoms with E-state index in [1.807, 2.05) is 12.1 Å². The number of benzene rings is 1. The molecular weight excluding hydrogens is 284 g/mol. The SMILES string of the molecule is CC(CNS(=O)(=O)c1cccc2c1CCNC2)C(C)(C)C. The Hall–Kier alpha value is -0.910. The normalized spacial score (nSPS) is 17.3. The molecule has 0 bridgehead atoms. The summed E-state index contributed by atoms with van der Waals surface area (Å²) in [6, 6.07) is 5.54. The first kappa shape index (κ1) is 16.5. The van der Waals surface area contributed by atoms with E-state index in [1.54, 1.807) is 6.07 Å².